The van der Waals surface area contributed by atoms with Crippen molar-refractivity contribution in [2.24, 2.45) is 17.4 Å². The number of ether oxygens (including phenoxy) is 1. The third-order valence-corrected chi connectivity index (χ3v) is 3.76. The van der Waals surface area contributed by atoms with Crippen molar-refractivity contribution >= 4 is 5.91 Å². The lowest BCUT2D eigenvalue weighted by Crippen LogP contribution is -2.44. The van der Waals surface area contributed by atoms with Crippen LogP contribution in [0, 0.1) is 5.92 Å². The maximum atomic E-state index is 10.9. The van der Waals surface area contributed by atoms with Crippen molar-refractivity contribution in [3.8, 4) is 0 Å². The number of rotatable bonds is 8. The molecule has 1 unspecified atom stereocenters. The molecule has 1 aliphatic rings. The molecule has 1 amide bonds. The molecule has 0 aliphatic carbocycles. The van der Waals surface area contributed by atoms with Gasteiger partial charge in [-0.2, -0.15) is 0 Å². The number of primary amides is 1. The number of carbonyl (C=O) groups is 1. The Bertz CT molecular complexity index is 240. The Kier molecular flexibility index (Phi) is 7.23. The van der Waals surface area contributed by atoms with Gasteiger partial charge in [-0.3, -0.25) is 9.69 Å². The van der Waals surface area contributed by atoms with Gasteiger partial charge in [0.05, 0.1) is 6.61 Å². The van der Waals surface area contributed by atoms with Gasteiger partial charge in [-0.1, -0.05) is 0 Å². The third kappa shape index (κ3) is 5.33. The SMILES string of the molecule is COCC(CCCN)N1CCC(CC(N)=O)CC1. The van der Waals surface area contributed by atoms with Gasteiger partial charge in [0.25, 0.3) is 0 Å². The van der Waals surface area contributed by atoms with Crippen LogP contribution < -0.4 is 11.5 Å². The predicted molar refractivity (Wildman–Crippen MR) is 72.1 cm³/mol. The van der Waals surface area contributed by atoms with Crippen molar-refractivity contribution in [1.82, 2.24) is 4.90 Å². The van der Waals surface area contributed by atoms with Crippen LogP contribution in [0.3, 0.4) is 0 Å². The fourth-order valence-corrected chi connectivity index (χ4v) is 2.72. The predicted octanol–water partition coefficient (Wildman–Crippen LogP) is 0.328. The average molecular weight is 257 g/mol. The topological polar surface area (TPSA) is 81.6 Å². The van der Waals surface area contributed by atoms with Crippen LogP contribution in [0.15, 0.2) is 0 Å². The van der Waals surface area contributed by atoms with Gasteiger partial charge in [-0.25, -0.2) is 0 Å². The number of likely N-dealkylation sites (tertiary alicyclic amines) is 1. The van der Waals surface area contributed by atoms with E-state index in [9.17, 15) is 4.79 Å². The van der Waals surface area contributed by atoms with Crippen molar-refractivity contribution < 1.29 is 9.53 Å². The highest BCUT2D eigenvalue weighted by atomic mass is 16.5. The lowest BCUT2D eigenvalue weighted by atomic mass is 9.92. The molecule has 0 aromatic heterocycles. The van der Waals surface area contributed by atoms with E-state index in [0.717, 1.165) is 51.9 Å². The molecule has 106 valence electrons. The van der Waals surface area contributed by atoms with Crippen LogP contribution in [0.1, 0.15) is 32.1 Å². The fraction of sp³-hybridized carbons (Fsp3) is 0.923. The Morgan fingerprint density at radius 1 is 1.44 bits per heavy atom. The number of amides is 1. The Labute approximate surface area is 110 Å². The van der Waals surface area contributed by atoms with Gasteiger partial charge in [0, 0.05) is 19.6 Å². The van der Waals surface area contributed by atoms with Gasteiger partial charge in [0.2, 0.25) is 5.91 Å². The fourth-order valence-electron chi connectivity index (χ4n) is 2.72. The van der Waals surface area contributed by atoms with Gasteiger partial charge in [-0.15, -0.1) is 0 Å². The van der Waals surface area contributed by atoms with E-state index in [0.29, 0.717) is 18.4 Å². The summed E-state index contributed by atoms with van der Waals surface area (Å²) in [7, 11) is 1.75. The molecule has 0 saturated carbocycles. The van der Waals surface area contributed by atoms with Gasteiger partial charge in [0.1, 0.15) is 0 Å². The van der Waals surface area contributed by atoms with E-state index in [1.54, 1.807) is 7.11 Å². The number of carbonyl (C=O) groups excluding carboxylic acids is 1. The first-order chi connectivity index (χ1) is 8.67. The van der Waals surface area contributed by atoms with Crippen molar-refractivity contribution in [2.75, 3.05) is 33.4 Å². The van der Waals surface area contributed by atoms with Crippen molar-refractivity contribution in [1.29, 1.82) is 0 Å². The standard InChI is InChI=1S/C13H27N3O2/c1-18-10-12(3-2-6-14)16-7-4-11(5-8-16)9-13(15)17/h11-12H,2-10,14H2,1H3,(H2,15,17). The smallest absolute Gasteiger partial charge is 0.217 e. The van der Waals surface area contributed by atoms with E-state index in [1.165, 1.54) is 0 Å². The molecule has 0 bridgehead atoms. The second-order valence-electron chi connectivity index (χ2n) is 5.19. The number of nitrogens with two attached hydrogens (primary N) is 2. The first-order valence-corrected chi connectivity index (χ1v) is 6.88. The molecule has 4 N–H and O–H groups in total. The summed E-state index contributed by atoms with van der Waals surface area (Å²) in [6, 6.07) is 0.466. The summed E-state index contributed by atoms with van der Waals surface area (Å²) in [5.74, 6) is 0.293. The second kappa shape index (κ2) is 8.45. The van der Waals surface area contributed by atoms with Crippen LogP contribution in [-0.4, -0.2) is 50.2 Å². The van der Waals surface area contributed by atoms with Crippen molar-refractivity contribution in [3.05, 3.63) is 0 Å². The van der Waals surface area contributed by atoms with Crippen LogP contribution in [0.25, 0.3) is 0 Å². The molecule has 1 rings (SSSR count). The second-order valence-corrected chi connectivity index (χ2v) is 5.19. The highest BCUT2D eigenvalue weighted by molar-refractivity contribution is 5.73. The van der Waals surface area contributed by atoms with E-state index in [2.05, 4.69) is 4.90 Å². The van der Waals surface area contributed by atoms with Gasteiger partial charge < -0.3 is 16.2 Å². The Balaban J connectivity index is 2.35. The molecular formula is C13H27N3O2. The zero-order valence-electron chi connectivity index (χ0n) is 11.4. The molecule has 0 spiro atoms. The lowest BCUT2D eigenvalue weighted by Gasteiger charge is -2.37. The molecule has 1 aliphatic heterocycles. The molecule has 1 fully saturated rings. The Hall–Kier alpha value is -0.650. The molecule has 0 aromatic carbocycles. The van der Waals surface area contributed by atoms with Gasteiger partial charge >= 0.3 is 0 Å². The zero-order chi connectivity index (χ0) is 13.4. The number of nitrogens with zero attached hydrogens (tertiary/aromatic N) is 1. The summed E-state index contributed by atoms with van der Waals surface area (Å²) in [6.45, 7) is 3.58. The normalized spacial score (nSPS) is 19.9. The third-order valence-electron chi connectivity index (χ3n) is 3.76. The molecule has 18 heavy (non-hydrogen) atoms. The minimum atomic E-state index is -0.176. The summed E-state index contributed by atoms with van der Waals surface area (Å²) in [4.78, 5) is 13.4. The van der Waals surface area contributed by atoms with Crippen molar-refractivity contribution in [3.63, 3.8) is 0 Å². The molecule has 5 nitrogen and oxygen atoms in total. The zero-order valence-corrected chi connectivity index (χ0v) is 11.4. The van der Waals surface area contributed by atoms with E-state index in [-0.39, 0.29) is 5.91 Å². The van der Waals surface area contributed by atoms with Crippen LogP contribution in [-0.2, 0) is 9.53 Å². The minimum absolute atomic E-state index is 0.176. The molecule has 1 atom stereocenters. The summed E-state index contributed by atoms with van der Waals surface area (Å²) in [5, 5.41) is 0. The highest BCUT2D eigenvalue weighted by Crippen LogP contribution is 2.23. The van der Waals surface area contributed by atoms with E-state index >= 15 is 0 Å². The molecule has 1 heterocycles. The largest absolute Gasteiger partial charge is 0.383 e. The molecule has 0 radical (unpaired) electrons. The van der Waals surface area contributed by atoms with E-state index in [4.69, 9.17) is 16.2 Å². The molecule has 5 heteroatoms. The number of methoxy groups -OCH3 is 1. The highest BCUT2D eigenvalue weighted by Gasteiger charge is 2.25. The Morgan fingerprint density at radius 3 is 2.61 bits per heavy atom. The molecule has 0 aromatic rings. The quantitative estimate of drug-likeness (QED) is 0.656. The first kappa shape index (κ1) is 15.4. The summed E-state index contributed by atoms with van der Waals surface area (Å²) in [5.41, 5.74) is 10.8. The Morgan fingerprint density at radius 2 is 2.11 bits per heavy atom. The first-order valence-electron chi connectivity index (χ1n) is 6.88. The van der Waals surface area contributed by atoms with E-state index < -0.39 is 0 Å². The molecule has 1 saturated heterocycles. The lowest BCUT2D eigenvalue weighted by molar-refractivity contribution is -0.119. The summed E-state index contributed by atoms with van der Waals surface area (Å²) in [6.07, 6.45) is 4.78. The van der Waals surface area contributed by atoms with Crippen LogP contribution in [0.2, 0.25) is 0 Å². The van der Waals surface area contributed by atoms with Crippen molar-refractivity contribution in [2.45, 2.75) is 38.1 Å². The van der Waals surface area contributed by atoms with Crippen LogP contribution in [0.4, 0.5) is 0 Å². The maximum Gasteiger partial charge on any atom is 0.217 e. The maximum absolute atomic E-state index is 10.9. The van der Waals surface area contributed by atoms with Crippen LogP contribution >= 0.6 is 0 Å². The monoisotopic (exact) mass is 257 g/mol. The average Bonchev–Trinajstić information content (AvgIpc) is 2.35. The van der Waals surface area contributed by atoms with Gasteiger partial charge in [0.15, 0.2) is 0 Å². The summed E-state index contributed by atoms with van der Waals surface area (Å²) >= 11 is 0. The summed E-state index contributed by atoms with van der Waals surface area (Å²) < 4.78 is 5.29. The van der Waals surface area contributed by atoms with Gasteiger partial charge in [-0.05, 0) is 51.2 Å². The number of hydrogen-bond donors (Lipinski definition) is 2. The number of hydrogen-bond acceptors (Lipinski definition) is 4. The molecular weight excluding hydrogens is 230 g/mol. The number of piperidine rings is 1. The van der Waals surface area contributed by atoms with E-state index in [1.807, 2.05) is 0 Å². The minimum Gasteiger partial charge on any atom is -0.383 e. The van der Waals surface area contributed by atoms with Crippen LogP contribution in [0.5, 0.6) is 0 Å².